The smallest absolute Gasteiger partial charge is 0.251 e. The highest BCUT2D eigenvalue weighted by Crippen LogP contribution is 2.22. The largest absolute Gasteiger partial charge is 0.348 e. The Kier molecular flexibility index (Phi) is 6.11. The summed E-state index contributed by atoms with van der Waals surface area (Å²) in [6, 6.07) is 4.86. The van der Waals surface area contributed by atoms with E-state index >= 15 is 0 Å². The second-order valence-corrected chi connectivity index (χ2v) is 8.76. The third-order valence-electron chi connectivity index (χ3n) is 5.05. The number of amides is 1. The molecule has 1 fully saturated rings. The molecular weight excluding hydrogens is 350 g/mol. The van der Waals surface area contributed by atoms with Crippen LogP contribution in [0.5, 0.6) is 0 Å². The van der Waals surface area contributed by atoms with Crippen molar-refractivity contribution in [2.75, 3.05) is 19.6 Å². The van der Waals surface area contributed by atoms with Gasteiger partial charge in [0.25, 0.3) is 5.91 Å². The second-order valence-electron chi connectivity index (χ2n) is 7.08. The highest BCUT2D eigenvalue weighted by atomic mass is 32.2. The number of rotatable bonds is 6. The van der Waals surface area contributed by atoms with Crippen LogP contribution in [-0.2, 0) is 10.0 Å². The molecule has 0 bridgehead atoms. The molecule has 1 amide bonds. The molecule has 0 radical (unpaired) electrons. The van der Waals surface area contributed by atoms with E-state index in [1.165, 1.54) is 11.6 Å². The number of benzene rings is 1. The van der Waals surface area contributed by atoms with E-state index in [1.54, 1.807) is 19.1 Å². The maximum atomic E-state index is 12.7. The van der Waals surface area contributed by atoms with E-state index < -0.39 is 10.0 Å². The Morgan fingerprint density at radius 3 is 2.73 bits per heavy atom. The summed E-state index contributed by atoms with van der Waals surface area (Å²) in [6.07, 6.45) is 6.87. The van der Waals surface area contributed by atoms with Crippen LogP contribution in [0.2, 0.25) is 0 Å². The molecule has 1 aliphatic heterocycles. The Balaban J connectivity index is 1.71. The van der Waals surface area contributed by atoms with Crippen molar-refractivity contribution >= 4 is 15.9 Å². The predicted molar refractivity (Wildman–Crippen MR) is 102 cm³/mol. The minimum Gasteiger partial charge on any atom is -0.348 e. The van der Waals surface area contributed by atoms with E-state index in [-0.39, 0.29) is 16.8 Å². The molecule has 1 aromatic carbocycles. The van der Waals surface area contributed by atoms with Crippen molar-refractivity contribution in [2.24, 2.45) is 0 Å². The maximum Gasteiger partial charge on any atom is 0.251 e. The van der Waals surface area contributed by atoms with Crippen molar-refractivity contribution < 1.29 is 13.2 Å². The fourth-order valence-electron chi connectivity index (χ4n) is 3.48. The second kappa shape index (κ2) is 8.33. The van der Waals surface area contributed by atoms with Crippen molar-refractivity contribution in [3.63, 3.8) is 0 Å². The Hall–Kier alpha value is -1.70. The molecule has 142 valence electrons. The molecule has 2 aliphatic rings. The average molecular weight is 378 g/mol. The van der Waals surface area contributed by atoms with Crippen molar-refractivity contribution in [3.8, 4) is 0 Å². The van der Waals surface area contributed by atoms with E-state index in [0.717, 1.165) is 45.2 Å². The summed E-state index contributed by atoms with van der Waals surface area (Å²) in [5.74, 6) is -0.248. The molecular formula is C19H27N3O3S. The Labute approximate surface area is 155 Å². The average Bonchev–Trinajstić information content (AvgIpc) is 3.13. The van der Waals surface area contributed by atoms with Gasteiger partial charge in [0.15, 0.2) is 0 Å². The summed E-state index contributed by atoms with van der Waals surface area (Å²) in [6.45, 7) is 3.99. The molecule has 0 atom stereocenters. The maximum absolute atomic E-state index is 12.7. The van der Waals surface area contributed by atoms with E-state index in [2.05, 4.69) is 21.4 Å². The third kappa shape index (κ3) is 4.72. The van der Waals surface area contributed by atoms with Crippen LogP contribution >= 0.6 is 0 Å². The first kappa shape index (κ1) is 19.1. The van der Waals surface area contributed by atoms with Gasteiger partial charge in [-0.1, -0.05) is 30.6 Å². The van der Waals surface area contributed by atoms with Gasteiger partial charge in [0.05, 0.1) is 4.90 Å². The lowest BCUT2D eigenvalue weighted by Crippen LogP contribution is -2.33. The van der Waals surface area contributed by atoms with Gasteiger partial charge in [-0.25, -0.2) is 13.1 Å². The van der Waals surface area contributed by atoms with Crippen LogP contribution in [0.25, 0.3) is 0 Å². The van der Waals surface area contributed by atoms with Crippen molar-refractivity contribution in [2.45, 2.75) is 50.0 Å². The van der Waals surface area contributed by atoms with Crippen molar-refractivity contribution in [3.05, 3.63) is 41.0 Å². The van der Waals surface area contributed by atoms with Crippen LogP contribution in [0.4, 0.5) is 0 Å². The molecule has 6 nitrogen and oxygen atoms in total. The number of sulfonamides is 1. The number of hydrogen-bond acceptors (Lipinski definition) is 4. The lowest BCUT2D eigenvalue weighted by Gasteiger charge is -2.16. The minimum atomic E-state index is -3.62. The van der Waals surface area contributed by atoms with Crippen LogP contribution in [0.15, 0.2) is 34.7 Å². The predicted octanol–water partition coefficient (Wildman–Crippen LogP) is 1.87. The molecule has 0 spiro atoms. The molecule has 0 unspecified atom stereocenters. The zero-order chi connectivity index (χ0) is 18.6. The van der Waals surface area contributed by atoms with Crippen LogP contribution in [-0.4, -0.2) is 40.0 Å². The number of hydrogen-bond donors (Lipinski definition) is 3. The van der Waals surface area contributed by atoms with Gasteiger partial charge in [-0.2, -0.15) is 0 Å². The summed E-state index contributed by atoms with van der Waals surface area (Å²) < 4.78 is 28.2. The molecule has 0 aromatic heterocycles. The molecule has 1 saturated carbocycles. The van der Waals surface area contributed by atoms with Gasteiger partial charge in [0, 0.05) is 24.7 Å². The van der Waals surface area contributed by atoms with Crippen molar-refractivity contribution in [1.82, 2.24) is 15.4 Å². The van der Waals surface area contributed by atoms with Gasteiger partial charge in [0.2, 0.25) is 10.0 Å². The summed E-state index contributed by atoms with van der Waals surface area (Å²) >= 11 is 0. The summed E-state index contributed by atoms with van der Waals surface area (Å²) in [7, 11) is -3.62. The molecule has 26 heavy (non-hydrogen) atoms. The first-order chi connectivity index (χ1) is 12.5. The molecule has 1 heterocycles. The quantitative estimate of drug-likeness (QED) is 0.661. The molecule has 0 saturated heterocycles. The Morgan fingerprint density at radius 2 is 2.04 bits per heavy atom. The number of carbonyl (C=O) groups is 1. The first-order valence-corrected chi connectivity index (χ1v) is 10.7. The van der Waals surface area contributed by atoms with E-state index in [9.17, 15) is 13.2 Å². The van der Waals surface area contributed by atoms with E-state index in [1.807, 2.05) is 0 Å². The molecule has 1 aromatic rings. The van der Waals surface area contributed by atoms with Gasteiger partial charge in [0.1, 0.15) is 0 Å². The van der Waals surface area contributed by atoms with Gasteiger partial charge in [-0.3, -0.25) is 4.79 Å². The normalized spacial score (nSPS) is 18.6. The van der Waals surface area contributed by atoms with Gasteiger partial charge >= 0.3 is 0 Å². The van der Waals surface area contributed by atoms with Crippen LogP contribution in [0.1, 0.15) is 48.0 Å². The zero-order valence-electron chi connectivity index (χ0n) is 15.2. The van der Waals surface area contributed by atoms with Crippen LogP contribution in [0.3, 0.4) is 0 Å². The van der Waals surface area contributed by atoms with E-state index in [4.69, 9.17) is 0 Å². The fourth-order valence-corrected chi connectivity index (χ4v) is 5.06. The third-order valence-corrected chi connectivity index (χ3v) is 6.71. The number of carbonyl (C=O) groups excluding carboxylic acids is 1. The molecule has 7 heteroatoms. The van der Waals surface area contributed by atoms with Gasteiger partial charge in [-0.15, -0.1) is 0 Å². The lowest BCUT2D eigenvalue weighted by molar-refractivity contribution is 0.0956. The van der Waals surface area contributed by atoms with Crippen LogP contribution < -0.4 is 15.4 Å². The van der Waals surface area contributed by atoms with Gasteiger partial charge in [-0.05, 0) is 50.4 Å². The minimum absolute atomic E-state index is 0.00345. The Bertz CT molecular complexity index is 796. The van der Waals surface area contributed by atoms with E-state index in [0.29, 0.717) is 17.7 Å². The summed E-state index contributed by atoms with van der Waals surface area (Å²) in [4.78, 5) is 12.6. The van der Waals surface area contributed by atoms with Gasteiger partial charge < -0.3 is 10.6 Å². The standard InChI is InChI=1S/C19H27N3O3S/c1-14-6-7-16(19(23)21-13-15-8-10-20-11-9-15)12-18(14)26(24,25)22-17-4-2-3-5-17/h6-8,12,17,20,22H,2-5,9-11,13H2,1H3,(H,21,23). The highest BCUT2D eigenvalue weighted by molar-refractivity contribution is 7.89. The SMILES string of the molecule is Cc1ccc(C(=O)NCC2=CCNCC2)cc1S(=O)(=O)NC1CCCC1. The lowest BCUT2D eigenvalue weighted by atomic mass is 10.1. The molecule has 1 aliphatic carbocycles. The fraction of sp³-hybridized carbons (Fsp3) is 0.526. The Morgan fingerprint density at radius 1 is 1.27 bits per heavy atom. The molecule has 3 N–H and O–H groups in total. The highest BCUT2D eigenvalue weighted by Gasteiger charge is 2.25. The topological polar surface area (TPSA) is 87.3 Å². The monoisotopic (exact) mass is 377 g/mol. The first-order valence-electron chi connectivity index (χ1n) is 9.25. The summed E-state index contributed by atoms with van der Waals surface area (Å²) in [5, 5.41) is 6.12. The van der Waals surface area contributed by atoms with Crippen LogP contribution in [0, 0.1) is 6.92 Å². The summed E-state index contributed by atoms with van der Waals surface area (Å²) in [5.41, 5.74) is 2.21. The number of nitrogens with one attached hydrogen (secondary N) is 3. The molecule has 3 rings (SSSR count). The van der Waals surface area contributed by atoms with Crippen molar-refractivity contribution in [1.29, 1.82) is 0 Å². The zero-order valence-corrected chi connectivity index (χ0v) is 16.0. The number of aryl methyl sites for hydroxylation is 1.